The van der Waals surface area contributed by atoms with Gasteiger partial charge in [0.05, 0.1) is 0 Å². The second-order valence-electron chi connectivity index (χ2n) is 3.88. The van der Waals surface area contributed by atoms with Crippen LogP contribution in [0.25, 0.3) is 0 Å². The quantitative estimate of drug-likeness (QED) is 0.330. The summed E-state index contributed by atoms with van der Waals surface area (Å²) in [4.78, 5) is 5.29. The Morgan fingerprint density at radius 3 is 1.94 bits per heavy atom. The van der Waals surface area contributed by atoms with E-state index >= 15 is 0 Å². The molecule has 0 radical (unpaired) electrons. The molecule has 2 aromatic carbocycles. The molecule has 0 amide bonds. The molecule has 2 aromatic rings. The fourth-order valence-corrected chi connectivity index (χ4v) is 6.43. The molecule has 1 aliphatic heterocycles. The van der Waals surface area contributed by atoms with E-state index in [2.05, 4.69) is 79.0 Å². The van der Waals surface area contributed by atoms with Gasteiger partial charge in [-0.3, -0.25) is 0 Å². The smallest absolute Gasteiger partial charge is 0.0480 e. The van der Waals surface area contributed by atoms with Crippen molar-refractivity contribution in [3.05, 3.63) is 43.2 Å². The first-order chi connectivity index (χ1) is 8.59. The molecule has 18 heavy (non-hydrogen) atoms. The number of benzene rings is 2. The standard InChI is InChI=1S/C13H7Br3S2/c1-6-9(14)10(15)11(16)13-12(6)17-7-4-2-3-5-8(7)18-13/h2-5H,1H3. The van der Waals surface area contributed by atoms with E-state index in [1.54, 1.807) is 0 Å². The minimum absolute atomic E-state index is 1.09. The van der Waals surface area contributed by atoms with E-state index in [1.165, 1.54) is 25.1 Å². The van der Waals surface area contributed by atoms with Crippen molar-refractivity contribution in [3.63, 3.8) is 0 Å². The van der Waals surface area contributed by atoms with Gasteiger partial charge in [0.15, 0.2) is 0 Å². The van der Waals surface area contributed by atoms with Gasteiger partial charge in [0.2, 0.25) is 0 Å². The van der Waals surface area contributed by atoms with Gasteiger partial charge in [-0.1, -0.05) is 35.7 Å². The summed E-state index contributed by atoms with van der Waals surface area (Å²) >= 11 is 14.6. The summed E-state index contributed by atoms with van der Waals surface area (Å²) < 4.78 is 3.34. The molecule has 0 saturated carbocycles. The van der Waals surface area contributed by atoms with E-state index in [-0.39, 0.29) is 0 Å². The van der Waals surface area contributed by atoms with E-state index in [9.17, 15) is 0 Å². The lowest BCUT2D eigenvalue weighted by Crippen LogP contribution is -1.95. The third-order valence-corrected chi connectivity index (χ3v) is 9.37. The Balaban J connectivity index is 2.25. The molecule has 1 aliphatic rings. The topological polar surface area (TPSA) is 0 Å². The van der Waals surface area contributed by atoms with E-state index < -0.39 is 0 Å². The first-order valence-corrected chi connectivity index (χ1v) is 9.22. The molecule has 0 aromatic heterocycles. The highest BCUT2D eigenvalue weighted by Crippen LogP contribution is 2.55. The molecule has 0 aliphatic carbocycles. The Labute approximate surface area is 140 Å². The molecular formula is C13H7Br3S2. The maximum absolute atomic E-state index is 3.69. The fourth-order valence-electron chi connectivity index (χ4n) is 1.78. The molecule has 5 heteroatoms. The van der Waals surface area contributed by atoms with Crippen LogP contribution >= 0.6 is 71.3 Å². The Morgan fingerprint density at radius 1 is 0.778 bits per heavy atom. The van der Waals surface area contributed by atoms with Crippen molar-refractivity contribution >= 4 is 71.3 Å². The zero-order chi connectivity index (χ0) is 12.9. The van der Waals surface area contributed by atoms with Crippen LogP contribution in [0.4, 0.5) is 0 Å². The summed E-state index contributed by atoms with van der Waals surface area (Å²) in [7, 11) is 0. The molecule has 3 rings (SSSR count). The second kappa shape index (κ2) is 5.17. The average molecular weight is 467 g/mol. The predicted molar refractivity (Wildman–Crippen MR) is 89.0 cm³/mol. The van der Waals surface area contributed by atoms with Crippen LogP contribution in [-0.4, -0.2) is 0 Å². The molecule has 0 unspecified atom stereocenters. The van der Waals surface area contributed by atoms with Gasteiger partial charge in [-0.15, -0.1) is 0 Å². The normalized spacial score (nSPS) is 13.1. The van der Waals surface area contributed by atoms with Gasteiger partial charge in [0, 0.05) is 33.0 Å². The lowest BCUT2D eigenvalue weighted by atomic mass is 10.2. The number of hydrogen-bond acceptors (Lipinski definition) is 2. The van der Waals surface area contributed by atoms with Gasteiger partial charge in [0.1, 0.15) is 0 Å². The van der Waals surface area contributed by atoms with Crippen LogP contribution in [-0.2, 0) is 0 Å². The molecule has 0 atom stereocenters. The molecule has 0 fully saturated rings. The van der Waals surface area contributed by atoms with Crippen molar-refractivity contribution in [1.29, 1.82) is 0 Å². The lowest BCUT2D eigenvalue weighted by Gasteiger charge is -2.23. The first-order valence-electron chi connectivity index (χ1n) is 5.21. The fraction of sp³-hybridized carbons (Fsp3) is 0.0769. The van der Waals surface area contributed by atoms with E-state index in [0.717, 1.165) is 13.4 Å². The monoisotopic (exact) mass is 464 g/mol. The van der Waals surface area contributed by atoms with Crippen LogP contribution in [0, 0.1) is 6.92 Å². The van der Waals surface area contributed by atoms with Crippen LogP contribution in [0.2, 0.25) is 0 Å². The number of fused-ring (bicyclic) bond motifs is 2. The minimum Gasteiger partial charge on any atom is -0.0874 e. The summed E-state index contributed by atoms with van der Waals surface area (Å²) in [5, 5.41) is 0. The second-order valence-corrected chi connectivity index (χ2v) is 8.36. The van der Waals surface area contributed by atoms with Crippen LogP contribution < -0.4 is 0 Å². The number of halogens is 3. The van der Waals surface area contributed by atoms with E-state index in [4.69, 9.17) is 0 Å². The van der Waals surface area contributed by atoms with E-state index in [1.807, 2.05) is 23.5 Å². The lowest BCUT2D eigenvalue weighted by molar-refractivity contribution is 1.08. The molecular weight excluding hydrogens is 460 g/mol. The van der Waals surface area contributed by atoms with Gasteiger partial charge in [-0.25, -0.2) is 0 Å². The summed E-state index contributed by atoms with van der Waals surface area (Å²) in [6.45, 7) is 2.15. The van der Waals surface area contributed by atoms with Gasteiger partial charge in [0.25, 0.3) is 0 Å². The average Bonchev–Trinajstić information content (AvgIpc) is 2.41. The predicted octanol–water partition coefficient (Wildman–Crippen LogP) is 6.90. The number of hydrogen-bond donors (Lipinski definition) is 0. The van der Waals surface area contributed by atoms with Crippen molar-refractivity contribution in [2.75, 3.05) is 0 Å². The van der Waals surface area contributed by atoms with Crippen molar-refractivity contribution in [3.8, 4) is 0 Å². The maximum Gasteiger partial charge on any atom is 0.0480 e. The Bertz CT molecular complexity index is 597. The van der Waals surface area contributed by atoms with Crippen molar-refractivity contribution in [2.45, 2.75) is 26.5 Å². The maximum atomic E-state index is 3.69. The molecule has 0 saturated heterocycles. The summed E-state index contributed by atoms with van der Waals surface area (Å²) in [5.41, 5.74) is 1.28. The highest BCUT2D eigenvalue weighted by molar-refractivity contribution is 9.14. The van der Waals surface area contributed by atoms with Crippen molar-refractivity contribution in [1.82, 2.24) is 0 Å². The summed E-state index contributed by atoms with van der Waals surface area (Å²) in [5.74, 6) is 0. The Hall–Kier alpha value is 0.580. The molecule has 0 spiro atoms. The molecule has 0 nitrogen and oxygen atoms in total. The van der Waals surface area contributed by atoms with E-state index in [0.29, 0.717) is 0 Å². The molecule has 0 N–H and O–H groups in total. The SMILES string of the molecule is Cc1c(Br)c(Br)c(Br)c2c1Sc1ccccc1S2. The third-order valence-electron chi connectivity index (χ3n) is 2.73. The van der Waals surface area contributed by atoms with Gasteiger partial charge < -0.3 is 0 Å². The Kier molecular flexibility index (Phi) is 3.89. The van der Waals surface area contributed by atoms with Crippen molar-refractivity contribution < 1.29 is 0 Å². The van der Waals surface area contributed by atoms with Crippen LogP contribution in [0.15, 0.2) is 57.3 Å². The molecule has 92 valence electrons. The molecule has 1 heterocycles. The van der Waals surface area contributed by atoms with Crippen LogP contribution in [0.5, 0.6) is 0 Å². The highest BCUT2D eigenvalue weighted by atomic mass is 79.9. The van der Waals surface area contributed by atoms with Gasteiger partial charge in [-0.2, -0.15) is 0 Å². The first kappa shape index (κ1) is 13.6. The highest BCUT2D eigenvalue weighted by Gasteiger charge is 2.24. The van der Waals surface area contributed by atoms with Crippen LogP contribution in [0.3, 0.4) is 0 Å². The number of rotatable bonds is 0. The zero-order valence-corrected chi connectivity index (χ0v) is 15.7. The summed E-state index contributed by atoms with van der Waals surface area (Å²) in [6.07, 6.45) is 0. The van der Waals surface area contributed by atoms with Crippen molar-refractivity contribution in [2.24, 2.45) is 0 Å². The third kappa shape index (κ3) is 2.12. The Morgan fingerprint density at radius 2 is 1.33 bits per heavy atom. The zero-order valence-electron chi connectivity index (χ0n) is 9.26. The minimum atomic E-state index is 1.09. The summed E-state index contributed by atoms with van der Waals surface area (Å²) in [6, 6.07) is 8.54. The van der Waals surface area contributed by atoms with Crippen LogP contribution in [0.1, 0.15) is 5.56 Å². The largest absolute Gasteiger partial charge is 0.0874 e. The van der Waals surface area contributed by atoms with Gasteiger partial charge in [-0.05, 0) is 72.4 Å². The molecule has 0 bridgehead atoms. The van der Waals surface area contributed by atoms with Gasteiger partial charge >= 0.3 is 0 Å².